The number of ketones is 1. The molecule has 0 spiro atoms. The summed E-state index contributed by atoms with van der Waals surface area (Å²) in [5.74, 6) is -0.943. The molecule has 0 saturated carbocycles. The number of hydrogen-bond donors (Lipinski definition) is 0. The van der Waals surface area contributed by atoms with Gasteiger partial charge in [-0.15, -0.1) is 6.58 Å². The first-order valence-corrected chi connectivity index (χ1v) is 50.9. The molecule has 97 heavy (non-hydrogen) atoms. The summed E-state index contributed by atoms with van der Waals surface area (Å²) in [6, 6.07) is 9.04. The van der Waals surface area contributed by atoms with E-state index < -0.39 is 90.3 Å². The van der Waals surface area contributed by atoms with Gasteiger partial charge in [0.05, 0.1) is 80.6 Å². The lowest BCUT2D eigenvalue weighted by Crippen LogP contribution is -2.68. The van der Waals surface area contributed by atoms with Crippen molar-refractivity contribution in [3.8, 4) is 0 Å². The zero-order valence-electron chi connectivity index (χ0n) is 65.9. The summed E-state index contributed by atoms with van der Waals surface area (Å²) in [5, 5.41) is -0.642. The van der Waals surface area contributed by atoms with Crippen molar-refractivity contribution in [2.24, 2.45) is 11.8 Å². The van der Waals surface area contributed by atoms with Crippen molar-refractivity contribution < 1.29 is 69.7 Å². The lowest BCUT2D eigenvalue weighted by molar-refractivity contribution is -0.227. The van der Waals surface area contributed by atoms with Crippen molar-refractivity contribution in [1.82, 2.24) is 0 Å². The van der Waals surface area contributed by atoms with Crippen molar-refractivity contribution in [2.75, 3.05) is 20.8 Å². The average molecular weight is 1440 g/mol. The molecule has 554 valence electrons. The lowest BCUT2D eigenvalue weighted by atomic mass is 9.82. The predicted molar refractivity (Wildman–Crippen MR) is 406 cm³/mol. The van der Waals surface area contributed by atoms with Gasteiger partial charge < -0.3 is 55.3 Å². The third-order valence-corrected chi connectivity index (χ3v) is 46.2. The highest BCUT2D eigenvalue weighted by atomic mass is 28.4. The summed E-state index contributed by atoms with van der Waals surface area (Å²) in [5.41, 5.74) is 2.47. The van der Waals surface area contributed by atoms with Gasteiger partial charge >= 0.3 is 11.9 Å². The van der Waals surface area contributed by atoms with Gasteiger partial charge in [-0.05, 0) is 164 Å². The Morgan fingerprint density at radius 3 is 1.70 bits per heavy atom. The molecule has 0 bridgehead atoms. The van der Waals surface area contributed by atoms with Gasteiger partial charge in [0.15, 0.2) is 53.5 Å². The molecule has 4 heterocycles. The Kier molecular flexibility index (Phi) is 29.4. The van der Waals surface area contributed by atoms with E-state index in [1.54, 1.807) is 31.4 Å². The fraction of sp³-hybridized carbons (Fsp3) is 0.779. The Hall–Kier alpha value is -2.53. The lowest BCUT2D eigenvalue weighted by Gasteiger charge is -2.54. The summed E-state index contributed by atoms with van der Waals surface area (Å²) in [4.78, 5) is 41.9. The Balaban J connectivity index is 1.36. The summed E-state index contributed by atoms with van der Waals surface area (Å²) in [7, 11) is -9.17. The second-order valence-electron chi connectivity index (χ2n) is 36.3. The van der Waals surface area contributed by atoms with Crippen LogP contribution in [0.5, 0.6) is 0 Å². The Morgan fingerprint density at radius 2 is 1.16 bits per heavy atom. The number of carbonyl (C=O) groups excluding carboxylic acids is 3. The van der Waals surface area contributed by atoms with Gasteiger partial charge in [-0.25, -0.2) is 4.79 Å². The van der Waals surface area contributed by atoms with Gasteiger partial charge in [-0.1, -0.05) is 154 Å². The minimum absolute atomic E-state index is 0.0220. The minimum Gasteiger partial charge on any atom is -0.469 e. The maximum Gasteiger partial charge on any atom is 0.338 e. The minimum atomic E-state index is -2.66. The quantitative estimate of drug-likeness (QED) is 0.0298. The Labute approximate surface area is 594 Å². The number of methoxy groups -OCH3 is 2. The molecule has 0 amide bonds. The summed E-state index contributed by atoms with van der Waals surface area (Å²) in [6.07, 6.45) is 3.94. The normalized spacial score (nSPS) is 28.5. The molecule has 4 aliphatic heterocycles. The standard InChI is InChI=1S/C77H136O15Si5/c1-32-36-61-68(88-72(80)54-37-34-33-35-38-54)70(91-96(28,29)76(14,15)16)71(92-97(30,31)77(17,18)19)69(87-61)62(90-95(26,27)75(11,12)13)43-40-55(78)39-41-56-46-52(3)60(84-56)44-42-57-45-51(2)53(4)63(85-57)49-64-59(48-66(79)81-20)67(82-21)65(86-64)47-58(89-94(24,25)74(8,9)10)50-83-93(22,23)73(5,6)7/h32-35,37-38,40,43,51,56-65,67-71H,1,3-4,36,39,41-42,44-50H2,2,5-31H3/b43-40+/t51-,56?,57+,58+,59+,60+,61?,62?,63-,64+,65?,67-,68+,69+,70?,71?/m1/s1. The predicted octanol–water partition coefficient (Wildman–Crippen LogP) is 18.6. The van der Waals surface area contributed by atoms with Gasteiger partial charge in [-0.2, -0.15) is 0 Å². The van der Waals surface area contributed by atoms with Crippen LogP contribution in [0.15, 0.2) is 79.4 Å². The first kappa shape index (κ1) is 85.1. The van der Waals surface area contributed by atoms with Crippen molar-refractivity contribution in [1.29, 1.82) is 0 Å². The number of rotatable bonds is 31. The zero-order valence-corrected chi connectivity index (χ0v) is 70.9. The van der Waals surface area contributed by atoms with Crippen LogP contribution < -0.4 is 0 Å². The fourth-order valence-corrected chi connectivity index (χ4v) is 18.4. The Bertz CT molecular complexity index is 2800. The topological polar surface area (TPSA) is 162 Å². The zero-order chi connectivity index (χ0) is 73.6. The second-order valence-corrected chi connectivity index (χ2v) is 60.2. The number of carbonyl (C=O) groups is 3. The third-order valence-electron chi connectivity index (χ3n) is 23.8. The second kappa shape index (κ2) is 33.5. The van der Waals surface area contributed by atoms with E-state index in [0.717, 1.165) is 30.4 Å². The first-order chi connectivity index (χ1) is 44.3. The molecular formula is C77H136O15Si5. The molecular weight excluding hydrogens is 1310 g/mol. The monoisotopic (exact) mass is 1440 g/mol. The van der Waals surface area contributed by atoms with E-state index in [-0.39, 0.29) is 104 Å². The summed E-state index contributed by atoms with van der Waals surface area (Å²) >= 11 is 0. The molecule has 4 saturated heterocycles. The van der Waals surface area contributed by atoms with E-state index in [0.29, 0.717) is 44.3 Å². The van der Waals surface area contributed by atoms with Gasteiger partial charge in [0.1, 0.15) is 24.4 Å². The van der Waals surface area contributed by atoms with Crippen LogP contribution in [0.1, 0.15) is 185 Å². The molecule has 0 aliphatic carbocycles. The van der Waals surface area contributed by atoms with Crippen LogP contribution in [0.4, 0.5) is 0 Å². The molecule has 0 aromatic heterocycles. The van der Waals surface area contributed by atoms with E-state index in [2.05, 4.69) is 196 Å². The largest absolute Gasteiger partial charge is 0.469 e. The van der Waals surface area contributed by atoms with E-state index in [1.165, 1.54) is 7.11 Å². The van der Waals surface area contributed by atoms with Crippen LogP contribution in [-0.2, 0) is 64.9 Å². The Morgan fingerprint density at radius 1 is 0.619 bits per heavy atom. The number of benzene rings is 1. The van der Waals surface area contributed by atoms with Gasteiger partial charge in [0.25, 0.3) is 0 Å². The van der Waals surface area contributed by atoms with E-state index in [1.807, 2.05) is 24.3 Å². The van der Waals surface area contributed by atoms with Crippen LogP contribution in [0.25, 0.3) is 0 Å². The number of allylic oxidation sites excluding steroid dienone is 1. The van der Waals surface area contributed by atoms with Gasteiger partial charge in [0, 0.05) is 32.3 Å². The first-order valence-electron chi connectivity index (χ1n) is 36.3. The number of esters is 2. The van der Waals surface area contributed by atoms with E-state index in [4.69, 9.17) is 55.3 Å². The van der Waals surface area contributed by atoms with Gasteiger partial charge in [-0.3, -0.25) is 9.59 Å². The molecule has 15 nitrogen and oxygen atoms in total. The molecule has 5 rings (SSSR count). The smallest absolute Gasteiger partial charge is 0.338 e. The fourth-order valence-electron chi connectivity index (χ4n) is 12.2. The van der Waals surface area contributed by atoms with Crippen molar-refractivity contribution in [2.45, 2.75) is 351 Å². The van der Waals surface area contributed by atoms with Crippen molar-refractivity contribution >= 4 is 59.3 Å². The highest BCUT2D eigenvalue weighted by molar-refractivity contribution is 6.76. The summed E-state index contributed by atoms with van der Waals surface area (Å²) in [6.45, 7) is 71.7. The molecule has 6 unspecified atom stereocenters. The van der Waals surface area contributed by atoms with Gasteiger partial charge in [0.2, 0.25) is 0 Å². The molecule has 20 heteroatoms. The van der Waals surface area contributed by atoms with E-state index in [9.17, 15) is 14.4 Å². The van der Waals surface area contributed by atoms with Crippen LogP contribution in [-0.4, -0.2) is 166 Å². The maximum atomic E-state index is 14.5. The number of ether oxygens (including phenoxy) is 7. The van der Waals surface area contributed by atoms with E-state index >= 15 is 0 Å². The maximum absolute atomic E-state index is 14.5. The van der Waals surface area contributed by atoms with Crippen LogP contribution in [0.2, 0.25) is 90.7 Å². The third kappa shape index (κ3) is 22.5. The van der Waals surface area contributed by atoms with Crippen LogP contribution in [0.3, 0.4) is 0 Å². The highest BCUT2D eigenvalue weighted by Crippen LogP contribution is 2.49. The van der Waals surface area contributed by atoms with Crippen molar-refractivity contribution in [3.05, 3.63) is 85.0 Å². The molecule has 1 aromatic rings. The summed E-state index contributed by atoms with van der Waals surface area (Å²) < 4.78 is 83.2. The molecule has 1 aromatic carbocycles. The molecule has 4 fully saturated rings. The average Bonchev–Trinajstić information content (AvgIpc) is 1.13. The van der Waals surface area contributed by atoms with Crippen molar-refractivity contribution in [3.63, 3.8) is 0 Å². The van der Waals surface area contributed by atoms with Crippen LogP contribution >= 0.6 is 0 Å². The molecule has 0 radical (unpaired) electrons. The molecule has 0 N–H and O–H groups in total. The SMILES string of the molecule is C=CCC1O[C@@H](C(/C=C/C(=O)CCC2CC(=C)[C@H](CC[C@H]3C[C@@H](C)C(=C)[C@@H](C[C@@H]4OC(C[C@@H](CO[Si](C)(C)C(C)(C)C)O[Si](C)(C)C(C)(C)C)[C@H](OC)[C@H]4CC(=O)OC)O3)O2)O[Si](C)(C)C(C)(C)C)C(O[Si](C)(C)C(C)(C)C)C(O[Si](C)(C)C(C)(C)C)[C@H]1OC(=O)c1ccccc1. The van der Waals surface area contributed by atoms with Crippen LogP contribution in [0, 0.1) is 11.8 Å². The number of hydrogen-bond acceptors (Lipinski definition) is 15. The molecule has 4 aliphatic rings. The molecule has 16 atom stereocenters. The highest BCUT2D eigenvalue weighted by Gasteiger charge is 2.58.